The topological polar surface area (TPSA) is 24.1 Å². The molecule has 12 heavy (non-hydrogen) atoms. The molecule has 1 saturated heterocycles. The van der Waals surface area contributed by atoms with Crippen molar-refractivity contribution in [3.63, 3.8) is 0 Å². The van der Waals surface area contributed by atoms with Gasteiger partial charge in [-0.25, -0.2) is 0 Å². The number of nitrogens with one attached hydrogen (secondary N) is 2. The molecule has 2 N–H and O–H groups in total. The van der Waals surface area contributed by atoms with Crippen LogP contribution in [0.2, 0.25) is 0 Å². The molecular formula is C10H20N2. The minimum atomic E-state index is 0.899. The Kier molecular flexibility index (Phi) is 5.04. The normalized spacial score (nSPS) is 19.3. The quantitative estimate of drug-likeness (QED) is 0.475. The van der Waals surface area contributed by atoms with E-state index >= 15 is 0 Å². The Balaban J connectivity index is 1.94. The monoisotopic (exact) mass is 168 g/mol. The van der Waals surface area contributed by atoms with Crippen LogP contribution in [0.5, 0.6) is 0 Å². The van der Waals surface area contributed by atoms with Crippen LogP contribution < -0.4 is 10.6 Å². The van der Waals surface area contributed by atoms with Gasteiger partial charge in [0.25, 0.3) is 0 Å². The lowest BCUT2D eigenvalue weighted by molar-refractivity contribution is 0.358. The zero-order valence-electron chi connectivity index (χ0n) is 7.81. The van der Waals surface area contributed by atoms with E-state index in [1.165, 1.54) is 32.5 Å². The highest BCUT2D eigenvalue weighted by molar-refractivity contribution is 4.72. The highest BCUT2D eigenvalue weighted by Crippen LogP contribution is 2.09. The third-order valence-electron chi connectivity index (χ3n) is 2.42. The van der Waals surface area contributed by atoms with Gasteiger partial charge in [-0.3, -0.25) is 0 Å². The first-order valence-electron chi connectivity index (χ1n) is 4.96. The summed E-state index contributed by atoms with van der Waals surface area (Å²) in [6.07, 6.45) is 5.72. The summed E-state index contributed by atoms with van der Waals surface area (Å²) >= 11 is 0. The molecule has 70 valence electrons. The lowest BCUT2D eigenvalue weighted by Crippen LogP contribution is -2.33. The van der Waals surface area contributed by atoms with Crippen molar-refractivity contribution in [2.75, 3.05) is 26.2 Å². The molecule has 0 unspecified atom stereocenters. The molecule has 1 heterocycles. The Bertz CT molecular complexity index is 117. The van der Waals surface area contributed by atoms with Crippen molar-refractivity contribution in [3.8, 4) is 0 Å². The summed E-state index contributed by atoms with van der Waals surface area (Å²) in [5.74, 6) is 0.899. The van der Waals surface area contributed by atoms with E-state index in [-0.39, 0.29) is 0 Å². The van der Waals surface area contributed by atoms with Crippen LogP contribution in [0.1, 0.15) is 19.3 Å². The van der Waals surface area contributed by atoms with Crippen molar-refractivity contribution >= 4 is 0 Å². The molecule has 0 atom stereocenters. The average Bonchev–Trinajstić information content (AvgIpc) is 2.14. The van der Waals surface area contributed by atoms with Crippen LogP contribution in [0.3, 0.4) is 0 Å². The molecule has 2 heteroatoms. The molecule has 0 aromatic heterocycles. The van der Waals surface area contributed by atoms with Crippen LogP contribution in [0.4, 0.5) is 0 Å². The average molecular weight is 168 g/mol. The predicted octanol–water partition coefficient (Wildman–Crippen LogP) is 1.15. The van der Waals surface area contributed by atoms with E-state index in [1.807, 2.05) is 6.08 Å². The van der Waals surface area contributed by atoms with Crippen molar-refractivity contribution in [3.05, 3.63) is 12.7 Å². The predicted molar refractivity (Wildman–Crippen MR) is 53.3 cm³/mol. The second kappa shape index (κ2) is 6.21. The van der Waals surface area contributed by atoms with Gasteiger partial charge in [0.1, 0.15) is 0 Å². The molecular weight excluding hydrogens is 148 g/mol. The zero-order chi connectivity index (χ0) is 8.65. The number of piperidine rings is 1. The van der Waals surface area contributed by atoms with Crippen molar-refractivity contribution in [2.24, 2.45) is 5.92 Å². The maximum absolute atomic E-state index is 3.70. The lowest BCUT2D eigenvalue weighted by Gasteiger charge is -2.22. The Morgan fingerprint density at radius 1 is 1.42 bits per heavy atom. The van der Waals surface area contributed by atoms with Crippen LogP contribution in [-0.2, 0) is 0 Å². The smallest absolute Gasteiger partial charge is 0.00143 e. The number of hydrogen-bond acceptors (Lipinski definition) is 2. The van der Waals surface area contributed by atoms with Gasteiger partial charge in [0, 0.05) is 0 Å². The number of rotatable bonds is 5. The fourth-order valence-corrected chi connectivity index (χ4v) is 1.60. The van der Waals surface area contributed by atoms with Crippen molar-refractivity contribution < 1.29 is 0 Å². The fraction of sp³-hybridized carbons (Fsp3) is 0.800. The van der Waals surface area contributed by atoms with E-state index in [2.05, 4.69) is 17.2 Å². The molecule has 0 aliphatic carbocycles. The Morgan fingerprint density at radius 2 is 2.17 bits per heavy atom. The molecule has 1 aliphatic rings. The highest BCUT2D eigenvalue weighted by atomic mass is 14.9. The van der Waals surface area contributed by atoms with Crippen LogP contribution in [0.15, 0.2) is 12.7 Å². The van der Waals surface area contributed by atoms with E-state index in [0.29, 0.717) is 0 Å². The van der Waals surface area contributed by atoms with Crippen LogP contribution in [0, 0.1) is 5.92 Å². The van der Waals surface area contributed by atoms with Gasteiger partial charge < -0.3 is 10.6 Å². The third-order valence-corrected chi connectivity index (χ3v) is 2.42. The van der Waals surface area contributed by atoms with Gasteiger partial charge in [-0.1, -0.05) is 6.08 Å². The van der Waals surface area contributed by atoms with Crippen LogP contribution in [-0.4, -0.2) is 26.2 Å². The molecule has 0 amide bonds. The van der Waals surface area contributed by atoms with Gasteiger partial charge >= 0.3 is 0 Å². The molecule has 1 aliphatic heterocycles. The van der Waals surface area contributed by atoms with Crippen molar-refractivity contribution in [1.82, 2.24) is 10.6 Å². The zero-order valence-corrected chi connectivity index (χ0v) is 7.81. The number of hydrogen-bond donors (Lipinski definition) is 2. The Labute approximate surface area is 75.4 Å². The summed E-state index contributed by atoms with van der Waals surface area (Å²) in [6.45, 7) is 8.38. The minimum Gasteiger partial charge on any atom is -0.317 e. The van der Waals surface area contributed by atoms with Gasteiger partial charge in [-0.2, -0.15) is 0 Å². The van der Waals surface area contributed by atoms with Crippen molar-refractivity contribution in [1.29, 1.82) is 0 Å². The molecule has 0 radical (unpaired) electrons. The third kappa shape index (κ3) is 3.88. The molecule has 0 aromatic carbocycles. The van der Waals surface area contributed by atoms with Gasteiger partial charge in [-0.15, -0.1) is 6.58 Å². The molecule has 2 nitrogen and oxygen atoms in total. The fourth-order valence-electron chi connectivity index (χ4n) is 1.60. The summed E-state index contributed by atoms with van der Waals surface area (Å²) in [6, 6.07) is 0. The summed E-state index contributed by atoms with van der Waals surface area (Å²) in [5.41, 5.74) is 0. The highest BCUT2D eigenvalue weighted by Gasteiger charge is 2.11. The largest absolute Gasteiger partial charge is 0.317 e. The second-order valence-electron chi connectivity index (χ2n) is 3.47. The Morgan fingerprint density at radius 3 is 2.83 bits per heavy atom. The van der Waals surface area contributed by atoms with Crippen LogP contribution >= 0.6 is 0 Å². The molecule has 1 rings (SSSR count). The van der Waals surface area contributed by atoms with Gasteiger partial charge in [0.05, 0.1) is 0 Å². The minimum absolute atomic E-state index is 0.899. The first-order chi connectivity index (χ1) is 5.93. The Hall–Kier alpha value is -0.340. The summed E-state index contributed by atoms with van der Waals surface area (Å²) in [4.78, 5) is 0. The maximum atomic E-state index is 3.70. The molecule has 0 bridgehead atoms. The van der Waals surface area contributed by atoms with E-state index in [9.17, 15) is 0 Å². The standard InChI is InChI=1S/C10H20N2/c1-2-3-6-12-9-10-4-7-11-8-5-10/h2,10-12H,1,3-9H2. The molecule has 0 spiro atoms. The van der Waals surface area contributed by atoms with Crippen LogP contribution in [0.25, 0.3) is 0 Å². The van der Waals surface area contributed by atoms with E-state index in [0.717, 1.165) is 18.9 Å². The van der Waals surface area contributed by atoms with Gasteiger partial charge in [0.2, 0.25) is 0 Å². The van der Waals surface area contributed by atoms with E-state index in [1.54, 1.807) is 0 Å². The van der Waals surface area contributed by atoms with Crippen molar-refractivity contribution in [2.45, 2.75) is 19.3 Å². The van der Waals surface area contributed by atoms with Gasteiger partial charge in [-0.05, 0) is 51.4 Å². The molecule has 1 fully saturated rings. The second-order valence-corrected chi connectivity index (χ2v) is 3.47. The summed E-state index contributed by atoms with van der Waals surface area (Å²) < 4.78 is 0. The van der Waals surface area contributed by atoms with E-state index in [4.69, 9.17) is 0 Å². The SMILES string of the molecule is C=CCCNCC1CCNCC1. The molecule has 0 aromatic rings. The first kappa shape index (κ1) is 9.75. The molecule has 0 saturated carbocycles. The maximum Gasteiger partial charge on any atom is -0.00143 e. The summed E-state index contributed by atoms with van der Waals surface area (Å²) in [5, 5.41) is 6.83. The van der Waals surface area contributed by atoms with Gasteiger partial charge in [0.15, 0.2) is 0 Å². The summed E-state index contributed by atoms with van der Waals surface area (Å²) in [7, 11) is 0. The first-order valence-corrected chi connectivity index (χ1v) is 4.96. The van der Waals surface area contributed by atoms with E-state index < -0.39 is 0 Å². The lowest BCUT2D eigenvalue weighted by atomic mass is 9.98.